The molecular weight excluding hydrogens is 523 g/mol. The standard InChI is InChI=1S/C22H34ClIO6/c1-13(24)10-14(23)6-7-15-4-3-5-18(28-15)20-12-17(25)22-19(30-20)9-8-16(29-22)11-21(26)27-2/h14-20,22,25H,1,3-12H2,2H3. The molecule has 3 aliphatic heterocycles. The summed E-state index contributed by atoms with van der Waals surface area (Å²) in [4.78, 5) is 11.5. The Morgan fingerprint density at radius 1 is 1.17 bits per heavy atom. The van der Waals surface area contributed by atoms with Gasteiger partial charge in [0.25, 0.3) is 0 Å². The maximum absolute atomic E-state index is 11.5. The highest BCUT2D eigenvalue weighted by Gasteiger charge is 2.46. The van der Waals surface area contributed by atoms with Crippen molar-refractivity contribution in [3.63, 3.8) is 0 Å². The van der Waals surface area contributed by atoms with Gasteiger partial charge in [0, 0.05) is 11.8 Å². The largest absolute Gasteiger partial charge is 0.469 e. The maximum atomic E-state index is 11.5. The van der Waals surface area contributed by atoms with Gasteiger partial charge in [-0.3, -0.25) is 4.79 Å². The van der Waals surface area contributed by atoms with Crippen LogP contribution in [0.25, 0.3) is 0 Å². The Morgan fingerprint density at radius 3 is 2.70 bits per heavy atom. The SMILES string of the molecule is C=C(I)CC(Cl)CCC1CCCC(C2CC(O)C3OC(CC(=O)OC)CCC3O2)O1. The molecule has 0 radical (unpaired) electrons. The van der Waals surface area contributed by atoms with Gasteiger partial charge in [-0.1, -0.05) is 6.58 Å². The summed E-state index contributed by atoms with van der Waals surface area (Å²) >= 11 is 8.63. The predicted octanol–water partition coefficient (Wildman–Crippen LogP) is 4.28. The van der Waals surface area contributed by atoms with Gasteiger partial charge in [0.1, 0.15) is 6.10 Å². The topological polar surface area (TPSA) is 74.2 Å². The van der Waals surface area contributed by atoms with Crippen molar-refractivity contribution in [1.82, 2.24) is 0 Å². The van der Waals surface area contributed by atoms with Crippen LogP contribution in [0, 0.1) is 0 Å². The molecule has 3 saturated heterocycles. The van der Waals surface area contributed by atoms with E-state index in [-0.39, 0.29) is 54.4 Å². The molecule has 8 heteroatoms. The second-order valence-corrected chi connectivity index (χ2v) is 10.9. The number of ether oxygens (including phenoxy) is 4. The summed E-state index contributed by atoms with van der Waals surface area (Å²) in [6, 6.07) is 0. The van der Waals surface area contributed by atoms with Gasteiger partial charge < -0.3 is 24.1 Å². The number of hydrogen-bond donors (Lipinski definition) is 1. The third-order valence-electron chi connectivity index (χ3n) is 6.36. The van der Waals surface area contributed by atoms with Crippen molar-refractivity contribution in [2.45, 2.75) is 112 Å². The fraction of sp³-hybridized carbons (Fsp3) is 0.864. The highest BCUT2D eigenvalue weighted by atomic mass is 127. The highest BCUT2D eigenvalue weighted by Crippen LogP contribution is 2.37. The molecule has 3 heterocycles. The Hall–Kier alpha value is 0.0700. The van der Waals surface area contributed by atoms with Crippen molar-refractivity contribution >= 4 is 40.2 Å². The number of esters is 1. The smallest absolute Gasteiger partial charge is 0.308 e. The molecule has 0 aromatic heterocycles. The number of rotatable bonds is 8. The number of carbonyl (C=O) groups excluding carboxylic acids is 1. The summed E-state index contributed by atoms with van der Waals surface area (Å²) in [7, 11) is 1.38. The third kappa shape index (κ3) is 7.04. The monoisotopic (exact) mass is 556 g/mol. The van der Waals surface area contributed by atoms with Crippen molar-refractivity contribution in [3.05, 3.63) is 10.2 Å². The van der Waals surface area contributed by atoms with Crippen LogP contribution in [-0.4, -0.2) is 66.3 Å². The fourth-order valence-electron chi connectivity index (χ4n) is 4.81. The van der Waals surface area contributed by atoms with E-state index >= 15 is 0 Å². The molecule has 3 aliphatic rings. The summed E-state index contributed by atoms with van der Waals surface area (Å²) in [5.41, 5.74) is 0. The number of fused-ring (bicyclic) bond motifs is 1. The zero-order chi connectivity index (χ0) is 21.7. The molecule has 1 N–H and O–H groups in total. The molecule has 3 fully saturated rings. The van der Waals surface area contributed by atoms with Crippen LogP contribution in [0.1, 0.15) is 64.2 Å². The van der Waals surface area contributed by atoms with Crippen LogP contribution < -0.4 is 0 Å². The first-order valence-corrected chi connectivity index (χ1v) is 12.6. The summed E-state index contributed by atoms with van der Waals surface area (Å²) in [5, 5.41) is 10.8. The van der Waals surface area contributed by atoms with Crippen LogP contribution in [0.2, 0.25) is 0 Å². The van der Waals surface area contributed by atoms with E-state index in [1.54, 1.807) is 0 Å². The molecule has 0 aromatic carbocycles. The molecule has 30 heavy (non-hydrogen) atoms. The molecule has 0 saturated carbocycles. The lowest BCUT2D eigenvalue weighted by Gasteiger charge is -2.47. The zero-order valence-electron chi connectivity index (χ0n) is 17.6. The summed E-state index contributed by atoms with van der Waals surface area (Å²) in [5.74, 6) is -0.286. The Kier molecular flexibility index (Phi) is 9.71. The van der Waals surface area contributed by atoms with Crippen LogP contribution in [0.15, 0.2) is 10.2 Å². The van der Waals surface area contributed by atoms with Crippen LogP contribution in [0.3, 0.4) is 0 Å². The van der Waals surface area contributed by atoms with E-state index < -0.39 is 6.10 Å². The average Bonchev–Trinajstić information content (AvgIpc) is 2.72. The Morgan fingerprint density at radius 2 is 1.97 bits per heavy atom. The molecule has 8 atom stereocenters. The third-order valence-corrected chi connectivity index (χ3v) is 7.17. The molecule has 0 amide bonds. The number of carbonyl (C=O) groups is 1. The summed E-state index contributed by atoms with van der Waals surface area (Å²) in [6.07, 6.45) is 6.69. The van der Waals surface area contributed by atoms with E-state index in [9.17, 15) is 9.90 Å². The fourth-order valence-corrected chi connectivity index (χ4v) is 5.92. The van der Waals surface area contributed by atoms with Crippen molar-refractivity contribution in [2.75, 3.05) is 7.11 Å². The maximum Gasteiger partial charge on any atom is 0.308 e. The van der Waals surface area contributed by atoms with Gasteiger partial charge in [-0.05, 0) is 77.5 Å². The van der Waals surface area contributed by atoms with Crippen LogP contribution in [0.5, 0.6) is 0 Å². The zero-order valence-corrected chi connectivity index (χ0v) is 20.6. The lowest BCUT2D eigenvalue weighted by atomic mass is 9.87. The minimum atomic E-state index is -0.611. The molecule has 0 bridgehead atoms. The van der Waals surface area contributed by atoms with Crippen molar-refractivity contribution < 1.29 is 28.8 Å². The van der Waals surface area contributed by atoms with Gasteiger partial charge in [-0.2, -0.15) is 0 Å². The molecular formula is C22H34ClIO6. The van der Waals surface area contributed by atoms with E-state index in [0.717, 1.165) is 54.9 Å². The molecule has 172 valence electrons. The average molecular weight is 557 g/mol. The molecule has 0 spiro atoms. The first kappa shape index (κ1) is 24.7. The molecule has 3 rings (SSSR count). The van der Waals surface area contributed by atoms with Gasteiger partial charge in [0.15, 0.2) is 0 Å². The summed E-state index contributed by atoms with van der Waals surface area (Å²) in [6.45, 7) is 3.92. The Bertz CT molecular complexity index is 590. The number of aliphatic hydroxyl groups is 1. The second-order valence-electron chi connectivity index (χ2n) is 8.72. The molecule has 0 aromatic rings. The molecule has 8 unspecified atom stereocenters. The van der Waals surface area contributed by atoms with Gasteiger partial charge in [-0.15, -0.1) is 11.6 Å². The molecule has 0 aliphatic carbocycles. The van der Waals surface area contributed by atoms with Crippen LogP contribution >= 0.6 is 34.2 Å². The Labute approximate surface area is 198 Å². The van der Waals surface area contributed by atoms with Gasteiger partial charge in [0.2, 0.25) is 0 Å². The summed E-state index contributed by atoms with van der Waals surface area (Å²) < 4.78 is 24.5. The normalized spacial score (nSPS) is 37.8. The number of aliphatic hydroxyl groups excluding tert-OH is 1. The Balaban J connectivity index is 1.48. The lowest BCUT2D eigenvalue weighted by Crippen LogP contribution is -2.56. The van der Waals surface area contributed by atoms with E-state index in [1.165, 1.54) is 7.11 Å². The van der Waals surface area contributed by atoms with Crippen LogP contribution in [-0.2, 0) is 23.7 Å². The van der Waals surface area contributed by atoms with Crippen molar-refractivity contribution in [3.8, 4) is 0 Å². The number of alkyl halides is 1. The van der Waals surface area contributed by atoms with Crippen molar-refractivity contribution in [1.29, 1.82) is 0 Å². The van der Waals surface area contributed by atoms with Gasteiger partial charge >= 0.3 is 5.97 Å². The van der Waals surface area contributed by atoms with Gasteiger partial charge in [-0.25, -0.2) is 0 Å². The number of hydrogen-bond acceptors (Lipinski definition) is 6. The predicted molar refractivity (Wildman–Crippen MR) is 123 cm³/mol. The lowest BCUT2D eigenvalue weighted by molar-refractivity contribution is -0.252. The van der Waals surface area contributed by atoms with E-state index in [4.69, 9.17) is 30.5 Å². The second kappa shape index (κ2) is 11.8. The quantitative estimate of drug-likeness (QED) is 0.273. The highest BCUT2D eigenvalue weighted by molar-refractivity contribution is 14.1. The van der Waals surface area contributed by atoms with Crippen molar-refractivity contribution in [2.24, 2.45) is 0 Å². The first-order chi connectivity index (χ1) is 14.4. The number of halogens is 2. The van der Waals surface area contributed by atoms with E-state index in [1.807, 2.05) is 0 Å². The van der Waals surface area contributed by atoms with E-state index in [2.05, 4.69) is 29.2 Å². The minimum Gasteiger partial charge on any atom is -0.469 e. The minimum absolute atomic E-state index is 0.000425. The number of methoxy groups -OCH3 is 1. The van der Waals surface area contributed by atoms with Gasteiger partial charge in [0.05, 0.1) is 50.2 Å². The first-order valence-electron chi connectivity index (χ1n) is 11.0. The van der Waals surface area contributed by atoms with E-state index in [0.29, 0.717) is 6.42 Å². The van der Waals surface area contributed by atoms with Crippen LogP contribution in [0.4, 0.5) is 0 Å². The molecule has 6 nitrogen and oxygen atoms in total. The number of allylic oxidation sites excluding steroid dienone is 1.